The van der Waals surface area contributed by atoms with Gasteiger partial charge in [-0.05, 0) is 66.0 Å². The van der Waals surface area contributed by atoms with E-state index in [-0.39, 0.29) is 18.2 Å². The van der Waals surface area contributed by atoms with Crippen LogP contribution in [-0.2, 0) is 22.4 Å². The number of nitrogens with zero attached hydrogens (tertiary/aromatic N) is 2. The summed E-state index contributed by atoms with van der Waals surface area (Å²) in [5.74, 6) is 0.632. The maximum atomic E-state index is 13.4. The van der Waals surface area contributed by atoms with Crippen molar-refractivity contribution in [2.45, 2.75) is 79.1 Å². The molecule has 2 aromatic rings. The summed E-state index contributed by atoms with van der Waals surface area (Å²) in [7, 11) is 0. The van der Waals surface area contributed by atoms with Crippen LogP contribution in [0.25, 0.3) is 11.5 Å². The van der Waals surface area contributed by atoms with Gasteiger partial charge in [-0.25, -0.2) is 4.79 Å². The zero-order valence-corrected chi connectivity index (χ0v) is 23.8. The highest BCUT2D eigenvalue weighted by atomic mass is 16.5. The molecule has 1 N–H and O–H groups in total. The Balaban J connectivity index is 0.00000247. The summed E-state index contributed by atoms with van der Waals surface area (Å²) in [6.45, 7) is 16.7. The van der Waals surface area contributed by atoms with Gasteiger partial charge in [0, 0.05) is 18.7 Å². The van der Waals surface area contributed by atoms with Gasteiger partial charge in [0.05, 0.1) is 19.6 Å². The van der Waals surface area contributed by atoms with Crippen molar-refractivity contribution in [3.05, 3.63) is 75.8 Å². The van der Waals surface area contributed by atoms with Gasteiger partial charge < -0.3 is 14.2 Å². The topological polar surface area (TPSA) is 88.4 Å². The number of nitrogens with one attached hydrogen (secondary N) is 1. The number of carbonyl (C=O) groups is 1. The quantitative estimate of drug-likeness (QED) is 0.327. The number of benzene rings is 1. The Bertz CT molecular complexity index is 1140. The molecule has 0 spiro atoms. The van der Waals surface area contributed by atoms with Crippen molar-refractivity contribution in [1.29, 1.82) is 0 Å². The predicted molar refractivity (Wildman–Crippen MR) is 154 cm³/mol. The number of aromatic nitrogens is 2. The van der Waals surface area contributed by atoms with Crippen molar-refractivity contribution < 1.29 is 14.1 Å². The lowest BCUT2D eigenvalue weighted by Crippen LogP contribution is -2.41. The minimum atomic E-state index is -0.525. The average molecular weight is 524 g/mol. The van der Waals surface area contributed by atoms with Crippen LogP contribution >= 0.6 is 0 Å². The first-order valence-electron chi connectivity index (χ1n) is 14.1. The Morgan fingerprint density at radius 2 is 1.92 bits per heavy atom. The smallest absolute Gasteiger partial charge is 0.377 e. The molecule has 3 rings (SSSR count). The van der Waals surface area contributed by atoms with Crippen LogP contribution < -0.4 is 5.69 Å². The molecule has 1 aliphatic heterocycles. The molecule has 208 valence electrons. The fourth-order valence-corrected chi connectivity index (χ4v) is 4.78. The molecule has 7 heteroatoms. The number of aromatic amines is 1. The number of ether oxygens (including phenoxy) is 1. The molecule has 0 saturated carbocycles. The molecule has 7 nitrogen and oxygen atoms in total. The van der Waals surface area contributed by atoms with E-state index < -0.39 is 5.69 Å². The number of morpholine rings is 1. The van der Waals surface area contributed by atoms with Gasteiger partial charge in [0.2, 0.25) is 5.91 Å². The Morgan fingerprint density at radius 1 is 1.18 bits per heavy atom. The molecule has 1 fully saturated rings. The van der Waals surface area contributed by atoms with E-state index in [2.05, 4.69) is 55.7 Å². The normalized spacial score (nSPS) is 14.8. The molecule has 0 aliphatic carbocycles. The molecule has 0 bridgehead atoms. The van der Waals surface area contributed by atoms with E-state index in [1.54, 1.807) is 0 Å². The van der Waals surface area contributed by atoms with Crippen LogP contribution in [0.15, 0.2) is 57.9 Å². The van der Waals surface area contributed by atoms with E-state index >= 15 is 0 Å². The molecule has 38 heavy (non-hydrogen) atoms. The number of amides is 1. The number of allylic oxidation sites excluding steroid dienone is 5. The number of hydrogen-bond donors (Lipinski definition) is 1. The van der Waals surface area contributed by atoms with Crippen LogP contribution in [0.2, 0.25) is 0 Å². The second kappa shape index (κ2) is 16.6. The molecule has 1 atom stereocenters. The second-order valence-electron chi connectivity index (χ2n) is 9.16. The molecule has 1 unspecified atom stereocenters. The zero-order valence-electron chi connectivity index (χ0n) is 23.8. The van der Waals surface area contributed by atoms with Crippen molar-refractivity contribution in [3.8, 4) is 11.5 Å². The molecule has 0 radical (unpaired) electrons. The lowest BCUT2D eigenvalue weighted by atomic mass is 9.82. The van der Waals surface area contributed by atoms with Crippen LogP contribution in [-0.4, -0.2) is 47.3 Å². The van der Waals surface area contributed by atoms with E-state index in [0.717, 1.165) is 42.4 Å². The summed E-state index contributed by atoms with van der Waals surface area (Å²) in [6, 6.07) is 4.06. The van der Waals surface area contributed by atoms with E-state index in [4.69, 9.17) is 9.26 Å². The minimum Gasteiger partial charge on any atom is -0.378 e. The zero-order chi connectivity index (χ0) is 27.9. The van der Waals surface area contributed by atoms with Gasteiger partial charge in [0.1, 0.15) is 0 Å². The number of hydrogen-bond acceptors (Lipinski definition) is 5. The first kappa shape index (κ1) is 31.0. The van der Waals surface area contributed by atoms with Crippen molar-refractivity contribution in [1.82, 2.24) is 15.0 Å². The van der Waals surface area contributed by atoms with Gasteiger partial charge in [-0.2, -0.15) is 10.1 Å². The monoisotopic (exact) mass is 523 g/mol. The van der Waals surface area contributed by atoms with E-state index in [1.807, 2.05) is 37.0 Å². The van der Waals surface area contributed by atoms with Crippen LogP contribution in [0, 0.1) is 0 Å². The average Bonchev–Trinajstić information content (AvgIpc) is 3.39. The van der Waals surface area contributed by atoms with Crippen LogP contribution in [0.3, 0.4) is 0 Å². The summed E-state index contributed by atoms with van der Waals surface area (Å²) in [6.07, 6.45) is 13.1. The number of carbonyl (C=O) groups excluding carboxylic acids is 1. The van der Waals surface area contributed by atoms with Gasteiger partial charge in [-0.15, -0.1) is 0 Å². The van der Waals surface area contributed by atoms with Crippen LogP contribution in [0.4, 0.5) is 0 Å². The Kier molecular flexibility index (Phi) is 13.6. The van der Waals surface area contributed by atoms with Crippen LogP contribution in [0.5, 0.6) is 0 Å². The fourth-order valence-electron chi connectivity index (χ4n) is 4.78. The maximum absolute atomic E-state index is 13.4. The molecule has 1 aromatic heterocycles. The Hall–Kier alpha value is -3.19. The molecule has 1 aromatic carbocycles. The fraction of sp³-hybridized carbons (Fsp3) is 0.516. The summed E-state index contributed by atoms with van der Waals surface area (Å²) in [5, 5.41) is 2.29. The highest BCUT2D eigenvalue weighted by Crippen LogP contribution is 2.35. The van der Waals surface area contributed by atoms with Gasteiger partial charge in [0.25, 0.3) is 5.89 Å². The number of rotatable bonds is 12. The Labute approximate surface area is 227 Å². The third kappa shape index (κ3) is 8.69. The highest BCUT2D eigenvalue weighted by molar-refractivity contribution is 5.80. The molecular formula is C31H45N3O4. The third-order valence-corrected chi connectivity index (χ3v) is 6.62. The summed E-state index contributed by atoms with van der Waals surface area (Å²) < 4.78 is 10.8. The van der Waals surface area contributed by atoms with Gasteiger partial charge in [0.15, 0.2) is 0 Å². The van der Waals surface area contributed by atoms with Gasteiger partial charge in [-0.3, -0.25) is 4.79 Å². The third-order valence-electron chi connectivity index (χ3n) is 6.62. The Morgan fingerprint density at radius 3 is 2.50 bits per heavy atom. The predicted octanol–water partition coefficient (Wildman–Crippen LogP) is 6.37. The van der Waals surface area contributed by atoms with Gasteiger partial charge >= 0.3 is 5.69 Å². The molecule has 1 aliphatic rings. The molecule has 1 saturated heterocycles. The van der Waals surface area contributed by atoms with Gasteiger partial charge in [-0.1, -0.05) is 71.9 Å². The minimum absolute atomic E-state index is 0.0769. The van der Waals surface area contributed by atoms with E-state index in [1.165, 1.54) is 5.56 Å². The molecule has 1 amide bonds. The van der Waals surface area contributed by atoms with Crippen molar-refractivity contribution in [3.63, 3.8) is 0 Å². The summed E-state index contributed by atoms with van der Waals surface area (Å²) >= 11 is 0. The maximum Gasteiger partial charge on any atom is 0.377 e. The molecular weight excluding hydrogens is 478 g/mol. The highest BCUT2D eigenvalue weighted by Gasteiger charge is 2.24. The SMILES string of the molecule is C=C/C=C(\C=C/CC)Cc1c(CC(=O)N2CCOCC2)cc(-c2nc(=O)[nH]o2)cc1C(CC)CCC.CC. The van der Waals surface area contributed by atoms with E-state index in [0.29, 0.717) is 44.2 Å². The standard InChI is InChI=1S/C29H39N3O4.C2H6/c1-5-9-12-21(10-6-2)17-25-23(20-27(33)32-13-15-35-16-14-32)18-24(28-30-29(34)31-36-28)19-26(25)22(8-4)11-7-3;1-2/h6,9-10,12,18-19,22H,2,5,7-8,11,13-17,20H2,1,3-4H3,(H,31,34);1-2H3/b12-9-,21-10+;. The lowest BCUT2D eigenvalue weighted by molar-refractivity contribution is -0.134. The first-order chi connectivity index (χ1) is 18.5. The van der Waals surface area contributed by atoms with Crippen molar-refractivity contribution >= 4 is 5.91 Å². The summed E-state index contributed by atoms with van der Waals surface area (Å²) in [4.78, 5) is 31.0. The van der Waals surface area contributed by atoms with E-state index in [9.17, 15) is 9.59 Å². The number of H-pyrrole nitrogens is 1. The largest absolute Gasteiger partial charge is 0.378 e. The summed E-state index contributed by atoms with van der Waals surface area (Å²) in [5.41, 5.74) is 4.62. The van der Waals surface area contributed by atoms with Crippen LogP contribution in [0.1, 0.15) is 82.9 Å². The first-order valence-corrected chi connectivity index (χ1v) is 14.1. The lowest BCUT2D eigenvalue weighted by Gasteiger charge is -2.28. The molecule has 2 heterocycles. The van der Waals surface area contributed by atoms with Crippen molar-refractivity contribution in [2.75, 3.05) is 26.3 Å². The van der Waals surface area contributed by atoms with Crippen molar-refractivity contribution in [2.24, 2.45) is 0 Å². The second-order valence-corrected chi connectivity index (χ2v) is 9.16.